The fourth-order valence-electron chi connectivity index (χ4n) is 1.77. The summed E-state index contributed by atoms with van der Waals surface area (Å²) in [6.45, 7) is 2.90. The van der Waals surface area contributed by atoms with Gasteiger partial charge in [-0.1, -0.05) is 13.0 Å². The second-order valence-corrected chi connectivity index (χ2v) is 6.23. The van der Waals surface area contributed by atoms with Crippen molar-refractivity contribution >= 4 is 16.0 Å². The number of aryl methyl sites for hydroxylation is 1. The fraction of sp³-hybridized carbons (Fsp3) is 0.385. The van der Waals surface area contributed by atoms with Crippen molar-refractivity contribution in [2.24, 2.45) is 0 Å². The van der Waals surface area contributed by atoms with E-state index in [4.69, 9.17) is 10.4 Å². The van der Waals surface area contributed by atoms with Crippen molar-refractivity contribution in [2.75, 3.05) is 13.1 Å². The second kappa shape index (κ2) is 6.50. The number of hydrogen-bond donors (Lipinski definition) is 1. The van der Waals surface area contributed by atoms with Crippen LogP contribution in [-0.2, 0) is 14.8 Å². The molecular formula is C13H16N2O4S. The molecule has 0 radical (unpaired) electrons. The quantitative estimate of drug-likeness (QED) is 0.854. The first-order chi connectivity index (χ1) is 9.32. The van der Waals surface area contributed by atoms with Gasteiger partial charge < -0.3 is 5.11 Å². The summed E-state index contributed by atoms with van der Waals surface area (Å²) in [6, 6.07) is 6.21. The highest BCUT2D eigenvalue weighted by Gasteiger charge is 2.27. The van der Waals surface area contributed by atoms with Crippen LogP contribution < -0.4 is 0 Å². The third-order valence-corrected chi connectivity index (χ3v) is 4.71. The van der Waals surface area contributed by atoms with Gasteiger partial charge in [-0.2, -0.15) is 9.57 Å². The van der Waals surface area contributed by atoms with E-state index < -0.39 is 22.5 Å². The van der Waals surface area contributed by atoms with Crippen molar-refractivity contribution in [1.29, 1.82) is 5.26 Å². The summed E-state index contributed by atoms with van der Waals surface area (Å²) < 4.78 is 25.9. The van der Waals surface area contributed by atoms with E-state index in [0.717, 1.165) is 4.31 Å². The largest absolute Gasteiger partial charge is 0.480 e. The van der Waals surface area contributed by atoms with Gasteiger partial charge in [-0.3, -0.25) is 4.79 Å². The molecule has 0 aliphatic carbocycles. The number of hydrogen-bond acceptors (Lipinski definition) is 4. The van der Waals surface area contributed by atoms with Crippen LogP contribution in [0.3, 0.4) is 0 Å². The first-order valence-electron chi connectivity index (χ1n) is 6.05. The normalized spacial score (nSPS) is 11.3. The van der Waals surface area contributed by atoms with Gasteiger partial charge in [0.25, 0.3) is 0 Å². The van der Waals surface area contributed by atoms with Gasteiger partial charge in [-0.15, -0.1) is 0 Å². The molecule has 0 atom stereocenters. The van der Waals surface area contributed by atoms with E-state index in [0.29, 0.717) is 12.0 Å². The Morgan fingerprint density at radius 2 is 2.10 bits per heavy atom. The lowest BCUT2D eigenvalue weighted by Gasteiger charge is -2.20. The first-order valence-corrected chi connectivity index (χ1v) is 7.49. The number of benzene rings is 1. The van der Waals surface area contributed by atoms with Gasteiger partial charge in [-0.25, -0.2) is 8.42 Å². The molecule has 0 bridgehead atoms. The molecule has 0 aliphatic heterocycles. The smallest absolute Gasteiger partial charge is 0.318 e. The molecule has 0 aromatic heterocycles. The van der Waals surface area contributed by atoms with E-state index in [1.807, 2.05) is 6.07 Å². The number of carboxylic acids is 1. The minimum Gasteiger partial charge on any atom is -0.480 e. The number of carboxylic acid groups (broad SMARTS) is 1. The Morgan fingerprint density at radius 3 is 2.60 bits per heavy atom. The molecular weight excluding hydrogens is 280 g/mol. The molecule has 1 aromatic carbocycles. The number of carbonyl (C=O) groups is 1. The lowest BCUT2D eigenvalue weighted by molar-refractivity contribution is -0.137. The molecule has 0 saturated heterocycles. The van der Waals surface area contributed by atoms with Crippen LogP contribution in [0, 0.1) is 18.3 Å². The zero-order valence-corrected chi connectivity index (χ0v) is 12.1. The maximum absolute atomic E-state index is 12.5. The lowest BCUT2D eigenvalue weighted by Crippen LogP contribution is -2.36. The maximum atomic E-state index is 12.5. The van der Waals surface area contributed by atoms with Crippen LogP contribution in [0.1, 0.15) is 24.5 Å². The van der Waals surface area contributed by atoms with Gasteiger partial charge in [-0.05, 0) is 31.0 Å². The maximum Gasteiger partial charge on any atom is 0.318 e. The summed E-state index contributed by atoms with van der Waals surface area (Å²) in [5.74, 6) is -1.21. The molecule has 20 heavy (non-hydrogen) atoms. The first kappa shape index (κ1) is 16.1. The van der Waals surface area contributed by atoms with Crippen molar-refractivity contribution in [3.8, 4) is 6.07 Å². The minimum atomic E-state index is -3.92. The van der Waals surface area contributed by atoms with Crippen LogP contribution in [0.5, 0.6) is 0 Å². The van der Waals surface area contributed by atoms with Crippen molar-refractivity contribution in [2.45, 2.75) is 25.2 Å². The summed E-state index contributed by atoms with van der Waals surface area (Å²) >= 11 is 0. The summed E-state index contributed by atoms with van der Waals surface area (Å²) in [6.07, 6.45) is 0.503. The highest BCUT2D eigenvalue weighted by molar-refractivity contribution is 7.89. The third kappa shape index (κ3) is 3.56. The van der Waals surface area contributed by atoms with Gasteiger partial charge in [0, 0.05) is 6.54 Å². The monoisotopic (exact) mass is 296 g/mol. The molecule has 0 heterocycles. The van der Waals surface area contributed by atoms with E-state index in [1.165, 1.54) is 18.2 Å². The molecule has 0 amide bonds. The standard InChI is InChI=1S/C13H16N2O4S/c1-3-6-15(9-13(16)17)20(18,19)12-7-11(8-14)5-4-10(12)2/h4-5,7H,3,6,9H2,1-2H3,(H,16,17). The van der Waals surface area contributed by atoms with Crippen LogP contribution in [0.15, 0.2) is 23.1 Å². The van der Waals surface area contributed by atoms with E-state index >= 15 is 0 Å². The molecule has 0 saturated carbocycles. The topological polar surface area (TPSA) is 98.5 Å². The Kier molecular flexibility index (Phi) is 5.25. The molecule has 1 rings (SSSR count). The molecule has 108 valence electrons. The highest BCUT2D eigenvalue weighted by atomic mass is 32.2. The summed E-state index contributed by atoms with van der Waals surface area (Å²) in [5.41, 5.74) is 0.705. The summed E-state index contributed by atoms with van der Waals surface area (Å²) in [5, 5.41) is 17.7. The fourth-order valence-corrected chi connectivity index (χ4v) is 3.50. The Bertz CT molecular complexity index is 647. The van der Waals surface area contributed by atoms with E-state index in [9.17, 15) is 13.2 Å². The number of nitrogens with zero attached hydrogens (tertiary/aromatic N) is 2. The molecule has 0 fully saturated rings. The number of aliphatic carboxylic acids is 1. The second-order valence-electron chi connectivity index (χ2n) is 4.32. The number of nitriles is 1. The Morgan fingerprint density at radius 1 is 1.45 bits per heavy atom. The van der Waals surface area contributed by atoms with Crippen LogP contribution in [0.25, 0.3) is 0 Å². The Labute approximate surface area is 118 Å². The molecule has 7 heteroatoms. The van der Waals surface area contributed by atoms with Gasteiger partial charge >= 0.3 is 5.97 Å². The molecule has 0 unspecified atom stereocenters. The molecule has 0 spiro atoms. The average Bonchev–Trinajstić information content (AvgIpc) is 2.38. The number of rotatable bonds is 6. The van der Waals surface area contributed by atoms with Crippen molar-refractivity contribution in [3.63, 3.8) is 0 Å². The minimum absolute atomic E-state index is 0.0220. The molecule has 1 aromatic rings. The third-order valence-electron chi connectivity index (χ3n) is 2.72. The van der Waals surface area contributed by atoms with Gasteiger partial charge in [0.1, 0.15) is 6.54 Å². The van der Waals surface area contributed by atoms with E-state index in [1.54, 1.807) is 13.8 Å². The van der Waals surface area contributed by atoms with Crippen molar-refractivity contribution < 1.29 is 18.3 Å². The van der Waals surface area contributed by atoms with Gasteiger partial charge in [0.15, 0.2) is 0 Å². The Hall–Kier alpha value is -1.91. The SMILES string of the molecule is CCCN(CC(=O)O)S(=O)(=O)c1cc(C#N)ccc1C. The number of sulfonamides is 1. The summed E-state index contributed by atoms with van der Waals surface area (Å²) in [4.78, 5) is 10.8. The van der Waals surface area contributed by atoms with Gasteiger partial charge in [0.2, 0.25) is 10.0 Å². The van der Waals surface area contributed by atoms with Gasteiger partial charge in [0.05, 0.1) is 16.5 Å². The van der Waals surface area contributed by atoms with Crippen LogP contribution in [0.2, 0.25) is 0 Å². The van der Waals surface area contributed by atoms with E-state index in [-0.39, 0.29) is 17.0 Å². The Balaban J connectivity index is 3.32. The van der Waals surface area contributed by atoms with Crippen molar-refractivity contribution in [1.82, 2.24) is 4.31 Å². The lowest BCUT2D eigenvalue weighted by atomic mass is 10.2. The van der Waals surface area contributed by atoms with Crippen molar-refractivity contribution in [3.05, 3.63) is 29.3 Å². The highest BCUT2D eigenvalue weighted by Crippen LogP contribution is 2.21. The molecule has 1 N–H and O–H groups in total. The zero-order valence-electron chi connectivity index (χ0n) is 11.3. The van der Waals surface area contributed by atoms with Crippen LogP contribution >= 0.6 is 0 Å². The van der Waals surface area contributed by atoms with Crippen LogP contribution in [-0.4, -0.2) is 36.9 Å². The van der Waals surface area contributed by atoms with E-state index in [2.05, 4.69) is 0 Å². The molecule has 0 aliphatic rings. The predicted octanol–water partition coefficient (Wildman–Crippen LogP) is 1.35. The summed E-state index contributed by atoms with van der Waals surface area (Å²) in [7, 11) is -3.92. The van der Waals surface area contributed by atoms with Crippen LogP contribution in [0.4, 0.5) is 0 Å². The predicted molar refractivity (Wildman–Crippen MR) is 72.6 cm³/mol. The zero-order chi connectivity index (χ0) is 15.3. The molecule has 6 nitrogen and oxygen atoms in total. The average molecular weight is 296 g/mol.